The fraction of sp³-hybridized carbons (Fsp3) is 0.150. The molecule has 2 heterocycles. The first-order valence-electron chi connectivity index (χ1n) is 7.97. The number of carbonyl (C=O) groups is 1. The molecule has 0 atom stereocenters. The molecule has 1 aliphatic rings. The number of hydrogen-bond donors (Lipinski definition) is 1. The van der Waals surface area contributed by atoms with Gasteiger partial charge >= 0.3 is 0 Å². The number of nitrogens with one attached hydrogen (secondary N) is 1. The number of benzene rings is 2. The van der Waals surface area contributed by atoms with Gasteiger partial charge in [-0.05, 0) is 42.3 Å². The lowest BCUT2D eigenvalue weighted by atomic mass is 10.0. The Kier molecular flexibility index (Phi) is 3.66. The third-order valence-electron chi connectivity index (χ3n) is 4.56. The predicted molar refractivity (Wildman–Crippen MR) is 98.4 cm³/mol. The zero-order chi connectivity index (χ0) is 16.7. The van der Waals surface area contributed by atoms with Crippen molar-refractivity contribution in [1.29, 1.82) is 0 Å². The number of ketones is 1. The molecule has 0 spiro atoms. The fourth-order valence-corrected chi connectivity index (χ4v) is 3.55. The summed E-state index contributed by atoms with van der Waals surface area (Å²) >= 11 is 5.90. The van der Waals surface area contributed by atoms with Gasteiger partial charge < -0.3 is 9.88 Å². The number of para-hydroxylation sites is 1. The van der Waals surface area contributed by atoms with Gasteiger partial charge in [0, 0.05) is 41.2 Å². The molecule has 1 aromatic heterocycles. The quantitative estimate of drug-likeness (QED) is 0.562. The van der Waals surface area contributed by atoms with Gasteiger partial charge in [-0.1, -0.05) is 29.8 Å². The van der Waals surface area contributed by atoms with E-state index in [9.17, 15) is 4.79 Å². The van der Waals surface area contributed by atoms with Crippen LogP contribution in [0.2, 0.25) is 5.02 Å². The van der Waals surface area contributed by atoms with Crippen LogP contribution in [0.25, 0.3) is 16.6 Å². The Morgan fingerprint density at radius 3 is 2.71 bits per heavy atom. The molecule has 4 rings (SSSR count). The van der Waals surface area contributed by atoms with Gasteiger partial charge in [0.2, 0.25) is 0 Å². The van der Waals surface area contributed by atoms with E-state index in [1.54, 1.807) is 30.3 Å². The lowest BCUT2D eigenvalue weighted by molar-refractivity contribution is 0.104. The van der Waals surface area contributed by atoms with Crippen molar-refractivity contribution in [3.05, 3.63) is 76.5 Å². The van der Waals surface area contributed by atoms with Crippen LogP contribution >= 0.6 is 11.6 Å². The summed E-state index contributed by atoms with van der Waals surface area (Å²) in [6.07, 6.45) is 2.66. The Morgan fingerprint density at radius 2 is 1.92 bits per heavy atom. The Labute approximate surface area is 145 Å². The second kappa shape index (κ2) is 5.84. The van der Waals surface area contributed by atoms with Gasteiger partial charge in [0.15, 0.2) is 5.78 Å². The first-order valence-corrected chi connectivity index (χ1v) is 8.35. The number of rotatable bonds is 2. The summed E-state index contributed by atoms with van der Waals surface area (Å²) in [7, 11) is 2.05. The number of fused-ring (bicyclic) bond motifs is 3. The number of halogens is 1. The summed E-state index contributed by atoms with van der Waals surface area (Å²) in [5.41, 5.74) is 5.12. The second-order valence-corrected chi connectivity index (χ2v) is 6.45. The van der Waals surface area contributed by atoms with Crippen molar-refractivity contribution < 1.29 is 4.79 Å². The summed E-state index contributed by atoms with van der Waals surface area (Å²) < 4.78 is 2.16. The SMILES string of the molecule is Cn1c2c(c3ccccc31)CCN/C2=C\C(=O)c1ccc(Cl)cc1. The van der Waals surface area contributed by atoms with Crippen LogP contribution in [-0.4, -0.2) is 16.9 Å². The molecule has 0 saturated heterocycles. The predicted octanol–water partition coefficient (Wildman–Crippen LogP) is 4.20. The number of carbonyl (C=O) groups excluding carboxylic acids is 1. The van der Waals surface area contributed by atoms with E-state index in [0.29, 0.717) is 10.6 Å². The van der Waals surface area contributed by atoms with Gasteiger partial charge in [-0.15, -0.1) is 0 Å². The van der Waals surface area contributed by atoms with E-state index >= 15 is 0 Å². The van der Waals surface area contributed by atoms with E-state index in [4.69, 9.17) is 11.6 Å². The third-order valence-corrected chi connectivity index (χ3v) is 4.81. The highest BCUT2D eigenvalue weighted by Crippen LogP contribution is 2.32. The summed E-state index contributed by atoms with van der Waals surface area (Å²) in [5.74, 6) is -0.0210. The minimum absolute atomic E-state index is 0.0210. The van der Waals surface area contributed by atoms with Gasteiger partial charge in [0.05, 0.1) is 11.4 Å². The molecule has 0 bridgehead atoms. The Bertz CT molecular complexity index is 967. The highest BCUT2D eigenvalue weighted by molar-refractivity contribution is 6.30. The summed E-state index contributed by atoms with van der Waals surface area (Å²) in [6, 6.07) is 15.4. The number of nitrogens with zero attached hydrogens (tertiary/aromatic N) is 1. The van der Waals surface area contributed by atoms with Crippen molar-refractivity contribution in [3.8, 4) is 0 Å². The largest absolute Gasteiger partial charge is 0.383 e. The van der Waals surface area contributed by atoms with E-state index in [1.807, 2.05) is 6.07 Å². The molecule has 0 amide bonds. The van der Waals surface area contributed by atoms with E-state index in [2.05, 4.69) is 35.1 Å². The number of aryl methyl sites for hydroxylation is 1. The Balaban J connectivity index is 1.81. The van der Waals surface area contributed by atoms with E-state index in [1.165, 1.54) is 16.5 Å². The maximum Gasteiger partial charge on any atom is 0.187 e. The van der Waals surface area contributed by atoms with E-state index in [0.717, 1.165) is 24.4 Å². The molecule has 0 unspecified atom stereocenters. The van der Waals surface area contributed by atoms with Crippen molar-refractivity contribution in [3.63, 3.8) is 0 Å². The van der Waals surface area contributed by atoms with Gasteiger partial charge in [-0.25, -0.2) is 0 Å². The molecular weight excluding hydrogens is 320 g/mol. The summed E-state index contributed by atoms with van der Waals surface area (Å²) in [4.78, 5) is 12.6. The molecule has 120 valence electrons. The molecule has 24 heavy (non-hydrogen) atoms. The van der Waals surface area contributed by atoms with Crippen molar-refractivity contribution in [2.75, 3.05) is 6.54 Å². The third kappa shape index (κ3) is 2.42. The van der Waals surface area contributed by atoms with Crippen LogP contribution in [0.5, 0.6) is 0 Å². The van der Waals surface area contributed by atoms with Gasteiger partial charge in [-0.2, -0.15) is 0 Å². The fourth-order valence-electron chi connectivity index (χ4n) is 3.42. The standard InChI is InChI=1S/C20H17ClN2O/c1-23-18-5-3-2-4-15(18)16-10-11-22-17(20(16)23)12-19(24)13-6-8-14(21)9-7-13/h2-9,12,22H,10-11H2,1H3/b17-12-. The van der Waals surface area contributed by atoms with Gasteiger partial charge in [-0.3, -0.25) is 4.79 Å². The average Bonchev–Trinajstić information content (AvgIpc) is 2.90. The Morgan fingerprint density at radius 1 is 1.17 bits per heavy atom. The second-order valence-electron chi connectivity index (χ2n) is 6.01. The molecule has 2 aromatic carbocycles. The van der Waals surface area contributed by atoms with Crippen LogP contribution in [0, 0.1) is 0 Å². The molecule has 0 aliphatic carbocycles. The van der Waals surface area contributed by atoms with E-state index in [-0.39, 0.29) is 5.78 Å². The first kappa shape index (κ1) is 15.0. The number of aromatic nitrogens is 1. The molecule has 1 N–H and O–H groups in total. The smallest absolute Gasteiger partial charge is 0.187 e. The Hall–Kier alpha value is -2.52. The molecule has 4 heteroatoms. The van der Waals surface area contributed by atoms with Gasteiger partial charge in [0.25, 0.3) is 0 Å². The van der Waals surface area contributed by atoms with E-state index < -0.39 is 0 Å². The molecule has 3 nitrogen and oxygen atoms in total. The normalized spacial score (nSPS) is 15.3. The number of allylic oxidation sites excluding steroid dienone is 1. The molecule has 0 saturated carbocycles. The minimum atomic E-state index is -0.0210. The monoisotopic (exact) mass is 336 g/mol. The maximum atomic E-state index is 12.6. The highest BCUT2D eigenvalue weighted by Gasteiger charge is 2.22. The first-order chi connectivity index (χ1) is 11.6. The van der Waals surface area contributed by atoms with Crippen LogP contribution in [0.15, 0.2) is 54.6 Å². The van der Waals surface area contributed by atoms with Crippen LogP contribution in [-0.2, 0) is 13.5 Å². The zero-order valence-electron chi connectivity index (χ0n) is 13.3. The molecular formula is C20H17ClN2O. The lowest BCUT2D eigenvalue weighted by Crippen LogP contribution is -2.24. The van der Waals surface area contributed by atoms with Crippen LogP contribution < -0.4 is 5.32 Å². The summed E-state index contributed by atoms with van der Waals surface area (Å²) in [5, 5.41) is 5.28. The average molecular weight is 337 g/mol. The lowest BCUT2D eigenvalue weighted by Gasteiger charge is -2.19. The van der Waals surface area contributed by atoms with Crippen molar-refractivity contribution in [2.24, 2.45) is 7.05 Å². The molecule has 0 fully saturated rings. The zero-order valence-corrected chi connectivity index (χ0v) is 14.1. The van der Waals surface area contributed by atoms with Crippen molar-refractivity contribution in [1.82, 2.24) is 9.88 Å². The van der Waals surface area contributed by atoms with Gasteiger partial charge in [0.1, 0.15) is 0 Å². The minimum Gasteiger partial charge on any atom is -0.383 e. The highest BCUT2D eigenvalue weighted by atomic mass is 35.5. The summed E-state index contributed by atoms with van der Waals surface area (Å²) in [6.45, 7) is 0.834. The van der Waals surface area contributed by atoms with Crippen LogP contribution in [0.1, 0.15) is 21.6 Å². The van der Waals surface area contributed by atoms with Crippen molar-refractivity contribution in [2.45, 2.75) is 6.42 Å². The molecule has 0 radical (unpaired) electrons. The molecule has 3 aromatic rings. The maximum absolute atomic E-state index is 12.6. The number of hydrogen-bond acceptors (Lipinski definition) is 2. The van der Waals surface area contributed by atoms with Crippen LogP contribution in [0.4, 0.5) is 0 Å². The molecule has 1 aliphatic heterocycles. The van der Waals surface area contributed by atoms with Crippen molar-refractivity contribution >= 4 is 34.0 Å². The topological polar surface area (TPSA) is 34.0 Å². The van der Waals surface area contributed by atoms with Crippen LogP contribution in [0.3, 0.4) is 0 Å².